The number of carboxylic acid groups (broad SMARTS) is 1. The van der Waals surface area contributed by atoms with E-state index in [0.717, 1.165) is 16.9 Å². The first kappa shape index (κ1) is 13.1. The van der Waals surface area contributed by atoms with E-state index in [1.165, 1.54) is 11.8 Å². The highest BCUT2D eigenvalue weighted by Crippen LogP contribution is 2.23. The summed E-state index contributed by atoms with van der Waals surface area (Å²) < 4.78 is 0. The maximum Gasteiger partial charge on any atom is 0.339 e. The normalized spacial score (nSPS) is 10.3. The molecule has 0 saturated carbocycles. The molecule has 98 valence electrons. The highest BCUT2D eigenvalue weighted by molar-refractivity contribution is 5.94. The largest absolute Gasteiger partial charge is 0.478 e. The molecule has 1 heterocycles. The van der Waals surface area contributed by atoms with Crippen molar-refractivity contribution in [2.45, 2.75) is 20.8 Å². The second-order valence-corrected chi connectivity index (χ2v) is 4.60. The number of carboxylic acids is 1. The van der Waals surface area contributed by atoms with Gasteiger partial charge in [-0.3, -0.25) is 4.98 Å². The molecular weight excluding hydrogens is 240 g/mol. The number of hydrogen-bond donors (Lipinski definition) is 2. The van der Waals surface area contributed by atoms with Crippen molar-refractivity contribution in [2.75, 3.05) is 5.32 Å². The van der Waals surface area contributed by atoms with Crippen LogP contribution in [0.5, 0.6) is 0 Å². The van der Waals surface area contributed by atoms with Crippen LogP contribution >= 0.6 is 0 Å². The minimum absolute atomic E-state index is 0.170. The van der Waals surface area contributed by atoms with Gasteiger partial charge in [-0.25, -0.2) is 4.79 Å². The summed E-state index contributed by atoms with van der Waals surface area (Å²) in [6.45, 7) is 5.89. The predicted octanol–water partition coefficient (Wildman–Crippen LogP) is 3.45. The molecule has 2 aromatic rings. The molecule has 0 fully saturated rings. The summed E-state index contributed by atoms with van der Waals surface area (Å²) in [5, 5.41) is 12.3. The van der Waals surface area contributed by atoms with E-state index in [2.05, 4.69) is 10.3 Å². The van der Waals surface area contributed by atoms with E-state index < -0.39 is 5.97 Å². The number of nitrogens with one attached hydrogen (secondary N) is 1. The van der Waals surface area contributed by atoms with E-state index in [-0.39, 0.29) is 5.56 Å². The van der Waals surface area contributed by atoms with Crippen molar-refractivity contribution in [3.63, 3.8) is 0 Å². The fourth-order valence-corrected chi connectivity index (χ4v) is 1.81. The van der Waals surface area contributed by atoms with Crippen molar-refractivity contribution in [3.05, 3.63) is 52.8 Å². The highest BCUT2D eigenvalue weighted by atomic mass is 16.4. The van der Waals surface area contributed by atoms with Gasteiger partial charge < -0.3 is 10.4 Å². The average molecular weight is 256 g/mol. The summed E-state index contributed by atoms with van der Waals surface area (Å²) in [6.07, 6.45) is 1.38. The van der Waals surface area contributed by atoms with Gasteiger partial charge in [0, 0.05) is 17.6 Å². The average Bonchev–Trinajstić information content (AvgIpc) is 2.33. The SMILES string of the molecule is Cc1cc(Nc2ccc(C)c(C)c2)c(C(=O)O)cn1. The third-order valence-electron chi connectivity index (χ3n) is 3.06. The Kier molecular flexibility index (Phi) is 3.51. The first-order chi connectivity index (χ1) is 8.97. The third-order valence-corrected chi connectivity index (χ3v) is 3.06. The Bertz CT molecular complexity index is 636. The van der Waals surface area contributed by atoms with Crippen LogP contribution in [0.15, 0.2) is 30.5 Å². The molecular formula is C15H16N2O2. The van der Waals surface area contributed by atoms with Crippen LogP contribution in [-0.2, 0) is 0 Å². The number of aromatic carboxylic acids is 1. The summed E-state index contributed by atoms with van der Waals surface area (Å²) in [7, 11) is 0. The van der Waals surface area contributed by atoms with Gasteiger partial charge in [0.1, 0.15) is 5.56 Å². The molecule has 0 amide bonds. The number of aryl methyl sites for hydroxylation is 3. The Hall–Kier alpha value is -2.36. The zero-order chi connectivity index (χ0) is 14.0. The number of hydrogen-bond acceptors (Lipinski definition) is 3. The molecule has 0 radical (unpaired) electrons. The maximum atomic E-state index is 11.2. The minimum Gasteiger partial charge on any atom is -0.478 e. The number of pyridine rings is 1. The van der Waals surface area contributed by atoms with Crippen molar-refractivity contribution >= 4 is 17.3 Å². The highest BCUT2D eigenvalue weighted by Gasteiger charge is 2.11. The van der Waals surface area contributed by atoms with Crippen LogP contribution in [0.4, 0.5) is 11.4 Å². The monoisotopic (exact) mass is 256 g/mol. The van der Waals surface area contributed by atoms with Crippen LogP contribution in [0, 0.1) is 20.8 Å². The van der Waals surface area contributed by atoms with Crippen molar-refractivity contribution in [2.24, 2.45) is 0 Å². The number of benzene rings is 1. The molecule has 0 saturated heterocycles. The third kappa shape index (κ3) is 2.91. The Balaban J connectivity index is 2.39. The molecule has 0 aliphatic rings. The molecule has 0 bridgehead atoms. The van der Waals surface area contributed by atoms with Crippen molar-refractivity contribution in [3.8, 4) is 0 Å². The molecule has 19 heavy (non-hydrogen) atoms. The molecule has 0 atom stereocenters. The molecule has 1 aromatic heterocycles. The number of nitrogens with zero attached hydrogens (tertiary/aromatic N) is 1. The lowest BCUT2D eigenvalue weighted by atomic mass is 10.1. The quantitative estimate of drug-likeness (QED) is 0.883. The smallest absolute Gasteiger partial charge is 0.339 e. The van der Waals surface area contributed by atoms with Crippen LogP contribution in [0.25, 0.3) is 0 Å². The van der Waals surface area contributed by atoms with Crippen LogP contribution in [0.3, 0.4) is 0 Å². The topological polar surface area (TPSA) is 62.2 Å². The molecule has 1 aromatic carbocycles. The molecule has 0 aliphatic heterocycles. The Morgan fingerprint density at radius 2 is 1.89 bits per heavy atom. The number of carbonyl (C=O) groups is 1. The molecule has 0 unspecified atom stereocenters. The molecule has 4 heteroatoms. The molecule has 0 spiro atoms. The van der Waals surface area contributed by atoms with E-state index in [1.807, 2.05) is 39.0 Å². The van der Waals surface area contributed by atoms with Gasteiger partial charge in [0.05, 0.1) is 5.69 Å². The van der Waals surface area contributed by atoms with Gasteiger partial charge in [0.15, 0.2) is 0 Å². The lowest BCUT2D eigenvalue weighted by Gasteiger charge is -2.11. The van der Waals surface area contributed by atoms with Crippen molar-refractivity contribution in [1.82, 2.24) is 4.98 Å². The molecule has 0 aliphatic carbocycles. The Labute approximate surface area is 112 Å². The van der Waals surface area contributed by atoms with Crippen LogP contribution in [0.2, 0.25) is 0 Å². The van der Waals surface area contributed by atoms with E-state index in [4.69, 9.17) is 5.11 Å². The summed E-state index contributed by atoms with van der Waals surface area (Å²) in [5.74, 6) is -0.987. The number of anilines is 2. The van der Waals surface area contributed by atoms with E-state index in [1.54, 1.807) is 6.07 Å². The van der Waals surface area contributed by atoms with Gasteiger partial charge in [0.2, 0.25) is 0 Å². The van der Waals surface area contributed by atoms with Gasteiger partial charge in [-0.05, 0) is 50.1 Å². The lowest BCUT2D eigenvalue weighted by Crippen LogP contribution is -2.04. The predicted molar refractivity (Wildman–Crippen MR) is 75.1 cm³/mol. The van der Waals surface area contributed by atoms with Gasteiger partial charge in [0.25, 0.3) is 0 Å². The summed E-state index contributed by atoms with van der Waals surface area (Å²) in [5.41, 5.74) is 4.74. The second kappa shape index (κ2) is 5.10. The standard InChI is InChI=1S/C15H16N2O2/c1-9-4-5-12(6-10(9)2)17-14-7-11(3)16-8-13(14)15(18)19/h4-8H,1-3H3,(H,16,17)(H,18,19). The summed E-state index contributed by atoms with van der Waals surface area (Å²) >= 11 is 0. The van der Waals surface area contributed by atoms with Gasteiger partial charge in [-0.1, -0.05) is 6.07 Å². The molecule has 2 N–H and O–H groups in total. The zero-order valence-electron chi connectivity index (χ0n) is 11.2. The fraction of sp³-hybridized carbons (Fsp3) is 0.200. The first-order valence-electron chi connectivity index (χ1n) is 6.01. The van der Waals surface area contributed by atoms with Crippen LogP contribution in [-0.4, -0.2) is 16.1 Å². The Morgan fingerprint density at radius 3 is 2.53 bits per heavy atom. The van der Waals surface area contributed by atoms with E-state index in [0.29, 0.717) is 5.69 Å². The summed E-state index contributed by atoms with van der Waals surface area (Å²) in [6, 6.07) is 7.67. The number of rotatable bonds is 3. The van der Waals surface area contributed by atoms with Gasteiger partial charge in [-0.2, -0.15) is 0 Å². The minimum atomic E-state index is -0.987. The van der Waals surface area contributed by atoms with Gasteiger partial charge in [-0.15, -0.1) is 0 Å². The van der Waals surface area contributed by atoms with Crippen molar-refractivity contribution < 1.29 is 9.90 Å². The second-order valence-electron chi connectivity index (χ2n) is 4.60. The van der Waals surface area contributed by atoms with E-state index >= 15 is 0 Å². The van der Waals surface area contributed by atoms with Crippen molar-refractivity contribution in [1.29, 1.82) is 0 Å². The van der Waals surface area contributed by atoms with Crippen LogP contribution in [0.1, 0.15) is 27.2 Å². The van der Waals surface area contributed by atoms with Crippen LogP contribution < -0.4 is 5.32 Å². The molecule has 2 rings (SSSR count). The lowest BCUT2D eigenvalue weighted by molar-refractivity contribution is 0.0697. The maximum absolute atomic E-state index is 11.2. The zero-order valence-corrected chi connectivity index (χ0v) is 11.2. The molecule has 4 nitrogen and oxygen atoms in total. The first-order valence-corrected chi connectivity index (χ1v) is 6.01. The fourth-order valence-electron chi connectivity index (χ4n) is 1.81. The van der Waals surface area contributed by atoms with Gasteiger partial charge >= 0.3 is 5.97 Å². The number of aromatic nitrogens is 1. The summed E-state index contributed by atoms with van der Waals surface area (Å²) in [4.78, 5) is 15.2. The Morgan fingerprint density at radius 1 is 1.16 bits per heavy atom. The van der Waals surface area contributed by atoms with E-state index in [9.17, 15) is 4.79 Å².